The number of rotatable bonds is 4. The molecule has 2 rings (SSSR count). The molecule has 4 N–H and O–H groups in total. The molecule has 0 saturated carbocycles. The number of urea groups is 1. The van der Waals surface area contributed by atoms with E-state index in [4.69, 9.17) is 10.2 Å². The third kappa shape index (κ3) is 3.80. The monoisotopic (exact) mass is 306 g/mol. The van der Waals surface area contributed by atoms with Gasteiger partial charge in [-0.3, -0.25) is 0 Å². The standard InChI is InChI=1S/C14H14N2O4S/c1-8-2-4-9(5-3-8)15-14(20)16-11-6-10(7-17)21-12(11)13(18)19/h2-6,17H,7H2,1H3,(H,18,19)(H2,15,16,20). The van der Waals surface area contributed by atoms with Gasteiger partial charge in [0.2, 0.25) is 0 Å². The van der Waals surface area contributed by atoms with Crippen LogP contribution in [-0.4, -0.2) is 22.2 Å². The van der Waals surface area contributed by atoms with E-state index in [-0.39, 0.29) is 17.2 Å². The number of amides is 2. The van der Waals surface area contributed by atoms with E-state index in [1.807, 2.05) is 19.1 Å². The van der Waals surface area contributed by atoms with Crippen LogP contribution in [0, 0.1) is 6.92 Å². The molecular weight excluding hydrogens is 292 g/mol. The highest BCUT2D eigenvalue weighted by Gasteiger charge is 2.17. The smallest absolute Gasteiger partial charge is 0.348 e. The van der Waals surface area contributed by atoms with Gasteiger partial charge in [-0.1, -0.05) is 17.7 Å². The average Bonchev–Trinajstić information content (AvgIpc) is 2.84. The summed E-state index contributed by atoms with van der Waals surface area (Å²) < 4.78 is 0. The molecule has 0 aliphatic heterocycles. The number of carboxylic acids is 1. The van der Waals surface area contributed by atoms with Gasteiger partial charge in [0.05, 0.1) is 12.3 Å². The van der Waals surface area contributed by atoms with Gasteiger partial charge in [0.1, 0.15) is 4.88 Å². The number of benzene rings is 1. The molecule has 0 radical (unpaired) electrons. The zero-order chi connectivity index (χ0) is 15.4. The minimum absolute atomic E-state index is 0.0156. The number of hydrogen-bond donors (Lipinski definition) is 4. The van der Waals surface area contributed by atoms with Crippen LogP contribution in [0.5, 0.6) is 0 Å². The van der Waals surface area contributed by atoms with Crippen LogP contribution < -0.4 is 10.6 Å². The van der Waals surface area contributed by atoms with Crippen LogP contribution in [0.25, 0.3) is 0 Å². The summed E-state index contributed by atoms with van der Waals surface area (Å²) in [5.74, 6) is -1.15. The number of carbonyl (C=O) groups is 2. The molecule has 21 heavy (non-hydrogen) atoms. The highest BCUT2D eigenvalue weighted by molar-refractivity contribution is 7.14. The molecule has 0 spiro atoms. The van der Waals surface area contributed by atoms with Crippen molar-refractivity contribution in [2.75, 3.05) is 10.6 Å². The summed E-state index contributed by atoms with van der Waals surface area (Å²) in [5.41, 5.74) is 1.84. The number of aliphatic hydroxyl groups excluding tert-OH is 1. The van der Waals surface area contributed by atoms with Gasteiger partial charge in [0, 0.05) is 10.6 Å². The number of carboxylic acid groups (broad SMARTS) is 1. The number of thiophene rings is 1. The largest absolute Gasteiger partial charge is 0.477 e. The molecule has 0 fully saturated rings. The second kappa shape index (κ2) is 6.38. The van der Waals surface area contributed by atoms with Gasteiger partial charge in [0.25, 0.3) is 0 Å². The number of hydrogen-bond acceptors (Lipinski definition) is 4. The van der Waals surface area contributed by atoms with Crippen molar-refractivity contribution in [2.45, 2.75) is 13.5 Å². The van der Waals surface area contributed by atoms with Gasteiger partial charge in [-0.2, -0.15) is 0 Å². The Morgan fingerprint density at radius 1 is 1.19 bits per heavy atom. The Morgan fingerprint density at radius 3 is 2.43 bits per heavy atom. The van der Waals surface area contributed by atoms with E-state index in [2.05, 4.69) is 10.6 Å². The first-order chi connectivity index (χ1) is 9.99. The highest BCUT2D eigenvalue weighted by atomic mass is 32.1. The Kier molecular flexibility index (Phi) is 4.56. The van der Waals surface area contributed by atoms with Crippen LogP contribution in [0.15, 0.2) is 30.3 Å². The lowest BCUT2D eigenvalue weighted by Crippen LogP contribution is -2.20. The molecule has 1 aromatic heterocycles. The summed E-state index contributed by atoms with van der Waals surface area (Å²) in [4.78, 5) is 23.4. The molecule has 6 nitrogen and oxygen atoms in total. The molecule has 0 aliphatic carbocycles. The van der Waals surface area contributed by atoms with Crippen molar-refractivity contribution >= 4 is 34.7 Å². The molecule has 0 saturated heterocycles. The van der Waals surface area contributed by atoms with Gasteiger partial charge in [-0.15, -0.1) is 11.3 Å². The van der Waals surface area contributed by atoms with Crippen LogP contribution in [-0.2, 0) is 6.61 Å². The maximum absolute atomic E-state index is 11.9. The van der Waals surface area contributed by atoms with E-state index in [1.165, 1.54) is 6.07 Å². The van der Waals surface area contributed by atoms with E-state index < -0.39 is 12.0 Å². The van der Waals surface area contributed by atoms with Gasteiger partial charge in [-0.25, -0.2) is 9.59 Å². The number of aliphatic hydroxyl groups is 1. The van der Waals surface area contributed by atoms with Gasteiger partial charge in [-0.05, 0) is 25.1 Å². The molecule has 110 valence electrons. The summed E-state index contributed by atoms with van der Waals surface area (Å²) in [6.45, 7) is 1.66. The molecule has 7 heteroatoms. The number of carbonyl (C=O) groups excluding carboxylic acids is 1. The zero-order valence-corrected chi connectivity index (χ0v) is 12.0. The van der Waals surface area contributed by atoms with E-state index in [9.17, 15) is 9.59 Å². The molecule has 2 amide bonds. The lowest BCUT2D eigenvalue weighted by atomic mass is 10.2. The molecule has 2 aromatic rings. The third-order valence-electron chi connectivity index (χ3n) is 2.69. The van der Waals surface area contributed by atoms with Crippen molar-refractivity contribution in [2.24, 2.45) is 0 Å². The van der Waals surface area contributed by atoms with Crippen molar-refractivity contribution in [3.05, 3.63) is 45.6 Å². The fourth-order valence-corrected chi connectivity index (χ4v) is 2.50. The van der Waals surface area contributed by atoms with E-state index >= 15 is 0 Å². The maximum Gasteiger partial charge on any atom is 0.348 e. The maximum atomic E-state index is 11.9. The zero-order valence-electron chi connectivity index (χ0n) is 11.2. The molecule has 0 atom stereocenters. The van der Waals surface area contributed by atoms with Gasteiger partial charge < -0.3 is 20.8 Å². The Hall–Kier alpha value is -2.38. The minimum Gasteiger partial charge on any atom is -0.477 e. The summed E-state index contributed by atoms with van der Waals surface area (Å²) in [7, 11) is 0. The van der Waals surface area contributed by atoms with E-state index in [0.717, 1.165) is 16.9 Å². The lowest BCUT2D eigenvalue weighted by molar-refractivity contribution is 0.0703. The second-order valence-electron chi connectivity index (χ2n) is 4.36. The second-order valence-corrected chi connectivity index (χ2v) is 5.50. The first kappa shape index (κ1) is 15.0. The van der Waals surface area contributed by atoms with Gasteiger partial charge in [0.15, 0.2) is 0 Å². The fourth-order valence-electron chi connectivity index (χ4n) is 1.69. The predicted octanol–water partition coefficient (Wildman–Crippen LogP) is 2.89. The van der Waals surface area contributed by atoms with Crippen LogP contribution in [0.2, 0.25) is 0 Å². The van der Waals surface area contributed by atoms with Crippen molar-refractivity contribution < 1.29 is 19.8 Å². The summed E-state index contributed by atoms with van der Waals surface area (Å²) in [6.07, 6.45) is 0. The van der Waals surface area contributed by atoms with Crippen LogP contribution >= 0.6 is 11.3 Å². The normalized spacial score (nSPS) is 10.2. The van der Waals surface area contributed by atoms with Crippen molar-refractivity contribution in [1.82, 2.24) is 0 Å². The van der Waals surface area contributed by atoms with E-state index in [1.54, 1.807) is 12.1 Å². The highest BCUT2D eigenvalue weighted by Crippen LogP contribution is 2.27. The van der Waals surface area contributed by atoms with Crippen LogP contribution in [0.3, 0.4) is 0 Å². The third-order valence-corrected chi connectivity index (χ3v) is 3.80. The first-order valence-corrected chi connectivity index (χ1v) is 6.93. The molecule has 1 aromatic carbocycles. The molecule has 0 unspecified atom stereocenters. The van der Waals surface area contributed by atoms with E-state index in [0.29, 0.717) is 10.6 Å². The number of nitrogens with one attached hydrogen (secondary N) is 2. The van der Waals surface area contributed by atoms with Crippen LogP contribution in [0.1, 0.15) is 20.1 Å². The Bertz CT molecular complexity index is 664. The van der Waals surface area contributed by atoms with Crippen molar-refractivity contribution in [3.8, 4) is 0 Å². The first-order valence-electron chi connectivity index (χ1n) is 6.11. The summed E-state index contributed by atoms with van der Waals surface area (Å²) in [6, 6.07) is 8.12. The molecular formula is C14H14N2O4S. The molecule has 0 bridgehead atoms. The SMILES string of the molecule is Cc1ccc(NC(=O)Nc2cc(CO)sc2C(=O)O)cc1. The number of aryl methyl sites for hydroxylation is 1. The number of aromatic carboxylic acids is 1. The lowest BCUT2D eigenvalue weighted by Gasteiger charge is -2.07. The number of anilines is 2. The fraction of sp³-hybridized carbons (Fsp3) is 0.143. The van der Waals surface area contributed by atoms with Crippen LogP contribution in [0.4, 0.5) is 16.2 Å². The average molecular weight is 306 g/mol. The Morgan fingerprint density at radius 2 is 1.86 bits per heavy atom. The summed E-state index contributed by atoms with van der Waals surface area (Å²) in [5, 5.41) is 23.2. The Balaban J connectivity index is 2.10. The quantitative estimate of drug-likeness (QED) is 0.698. The van der Waals surface area contributed by atoms with Crippen molar-refractivity contribution in [1.29, 1.82) is 0 Å². The topological polar surface area (TPSA) is 98.7 Å². The van der Waals surface area contributed by atoms with Crippen molar-refractivity contribution in [3.63, 3.8) is 0 Å². The predicted molar refractivity (Wildman–Crippen MR) is 81.0 cm³/mol. The minimum atomic E-state index is -1.15. The van der Waals surface area contributed by atoms with Gasteiger partial charge >= 0.3 is 12.0 Å². The Labute approximate surface area is 125 Å². The molecule has 0 aliphatic rings. The summed E-state index contributed by atoms with van der Waals surface area (Å²) >= 11 is 0.926. The molecule has 1 heterocycles.